The first-order chi connectivity index (χ1) is 14.1. The molecule has 0 aliphatic heterocycles. The third-order valence-corrected chi connectivity index (χ3v) is 2.21. The summed E-state index contributed by atoms with van der Waals surface area (Å²) in [6.45, 7) is 5.25. The van der Waals surface area contributed by atoms with Crippen LogP contribution in [0.4, 0.5) is 0 Å². The molecule has 29 heavy (non-hydrogen) atoms. The number of hydrogen-bond acceptors (Lipinski definition) is 9. The van der Waals surface area contributed by atoms with Crippen molar-refractivity contribution in [2.24, 2.45) is 10.2 Å². The van der Waals surface area contributed by atoms with Gasteiger partial charge in [0.25, 0.3) is 0 Å². The molecule has 0 aromatic heterocycles. The van der Waals surface area contributed by atoms with Crippen LogP contribution in [-0.2, 0) is 23.7 Å². The highest BCUT2D eigenvalue weighted by molar-refractivity contribution is 5.67. The average Bonchev–Trinajstić information content (AvgIpc) is 2.71. The SMILES string of the molecule is CCCOCCO.[N-]=[N+]=NCCOCCO.[N-]=[N+]=NCCOCCOCC(=O)O. The van der Waals surface area contributed by atoms with Gasteiger partial charge in [0.05, 0.1) is 52.9 Å². The van der Waals surface area contributed by atoms with E-state index >= 15 is 0 Å². The second kappa shape index (κ2) is 33.4. The molecule has 170 valence electrons. The first-order valence-corrected chi connectivity index (χ1v) is 8.86. The van der Waals surface area contributed by atoms with E-state index < -0.39 is 5.97 Å². The highest BCUT2D eigenvalue weighted by Gasteiger charge is 1.95. The summed E-state index contributed by atoms with van der Waals surface area (Å²) >= 11 is 0. The molecule has 0 fully saturated rings. The number of carbonyl (C=O) groups is 1. The highest BCUT2D eigenvalue weighted by Crippen LogP contribution is 1.80. The van der Waals surface area contributed by atoms with Crippen molar-refractivity contribution in [3.63, 3.8) is 0 Å². The minimum atomic E-state index is -1.01. The molecule has 0 rings (SSSR count). The molecule has 0 aliphatic rings. The normalized spacial score (nSPS) is 9.07. The molecule has 0 unspecified atom stereocenters. The monoisotopic (exact) mass is 424 g/mol. The predicted molar refractivity (Wildman–Crippen MR) is 103 cm³/mol. The lowest BCUT2D eigenvalue weighted by atomic mass is 10.5. The second-order valence-corrected chi connectivity index (χ2v) is 4.64. The predicted octanol–water partition coefficient (Wildman–Crippen LogP) is 1.13. The smallest absolute Gasteiger partial charge is 0.329 e. The van der Waals surface area contributed by atoms with Crippen molar-refractivity contribution in [2.75, 3.05) is 79.2 Å². The minimum Gasteiger partial charge on any atom is -0.480 e. The number of aliphatic carboxylic acids is 1. The van der Waals surface area contributed by atoms with Gasteiger partial charge in [0.2, 0.25) is 0 Å². The number of ether oxygens (including phenoxy) is 4. The minimum absolute atomic E-state index is 0.0102. The van der Waals surface area contributed by atoms with E-state index in [0.29, 0.717) is 39.6 Å². The van der Waals surface area contributed by atoms with Crippen molar-refractivity contribution in [3.05, 3.63) is 20.9 Å². The fourth-order valence-electron chi connectivity index (χ4n) is 1.16. The van der Waals surface area contributed by atoms with Crippen LogP contribution in [0.5, 0.6) is 0 Å². The van der Waals surface area contributed by atoms with Crippen molar-refractivity contribution in [2.45, 2.75) is 13.3 Å². The number of nitrogens with zero attached hydrogens (tertiary/aromatic N) is 6. The lowest BCUT2D eigenvalue weighted by Gasteiger charge is -2.01. The van der Waals surface area contributed by atoms with Crippen molar-refractivity contribution in [3.8, 4) is 0 Å². The molecule has 14 nitrogen and oxygen atoms in total. The molecule has 14 heteroatoms. The van der Waals surface area contributed by atoms with E-state index in [9.17, 15) is 4.79 Å². The summed E-state index contributed by atoms with van der Waals surface area (Å²) in [7, 11) is 0. The summed E-state index contributed by atoms with van der Waals surface area (Å²) in [6.07, 6.45) is 1.03. The lowest BCUT2D eigenvalue weighted by Crippen LogP contribution is -2.12. The van der Waals surface area contributed by atoms with Crippen LogP contribution in [0.2, 0.25) is 0 Å². The fraction of sp³-hybridized carbons (Fsp3) is 0.933. The number of hydrogen-bond donors (Lipinski definition) is 3. The molecule has 0 amide bonds. The van der Waals surface area contributed by atoms with Crippen LogP contribution in [0.1, 0.15) is 13.3 Å². The van der Waals surface area contributed by atoms with Gasteiger partial charge >= 0.3 is 5.97 Å². The van der Waals surface area contributed by atoms with Crippen LogP contribution in [0, 0.1) is 0 Å². The second-order valence-electron chi connectivity index (χ2n) is 4.64. The molecule has 0 saturated carbocycles. The number of azide groups is 2. The number of carboxylic acid groups (broad SMARTS) is 1. The quantitative estimate of drug-likeness (QED) is 0.133. The Morgan fingerprint density at radius 1 is 0.793 bits per heavy atom. The zero-order valence-electron chi connectivity index (χ0n) is 16.8. The van der Waals surface area contributed by atoms with Crippen LogP contribution < -0.4 is 0 Å². The van der Waals surface area contributed by atoms with E-state index in [0.717, 1.165) is 13.0 Å². The zero-order chi connectivity index (χ0) is 22.4. The standard InChI is InChI=1S/C6H11N3O4.C5H12O2.C4H9N3O2/c7-9-8-1-2-12-3-4-13-5-6(10)11;1-2-4-7-5-3-6;5-7-6-1-3-9-4-2-8/h1-5H2,(H,10,11);6H,2-5H2,1H3;8H,1-4H2. The van der Waals surface area contributed by atoms with Gasteiger partial charge in [-0.3, -0.25) is 0 Å². The maximum atomic E-state index is 9.95. The van der Waals surface area contributed by atoms with E-state index in [1.165, 1.54) is 0 Å². The summed E-state index contributed by atoms with van der Waals surface area (Å²) < 4.78 is 19.3. The highest BCUT2D eigenvalue weighted by atomic mass is 16.5. The first kappa shape index (κ1) is 31.5. The molecule has 0 atom stereocenters. The van der Waals surface area contributed by atoms with Crippen LogP contribution in [0.15, 0.2) is 10.2 Å². The van der Waals surface area contributed by atoms with Gasteiger partial charge in [-0.25, -0.2) is 4.79 Å². The van der Waals surface area contributed by atoms with Gasteiger partial charge < -0.3 is 34.3 Å². The van der Waals surface area contributed by atoms with Crippen molar-refractivity contribution >= 4 is 5.97 Å². The molecule has 3 N–H and O–H groups in total. The zero-order valence-corrected chi connectivity index (χ0v) is 16.8. The third kappa shape index (κ3) is 46.1. The molecule has 0 aromatic rings. The Hall–Kier alpha value is -2.15. The van der Waals surface area contributed by atoms with Crippen LogP contribution >= 0.6 is 0 Å². The van der Waals surface area contributed by atoms with Crippen molar-refractivity contribution < 1.29 is 39.1 Å². The van der Waals surface area contributed by atoms with Crippen molar-refractivity contribution in [1.29, 1.82) is 0 Å². The number of carboxylic acids is 1. The van der Waals surface area contributed by atoms with E-state index in [4.69, 9.17) is 40.6 Å². The molecule has 0 aromatic carbocycles. The number of rotatable bonds is 17. The van der Waals surface area contributed by atoms with Gasteiger partial charge in [0.1, 0.15) is 6.61 Å². The largest absolute Gasteiger partial charge is 0.480 e. The lowest BCUT2D eigenvalue weighted by molar-refractivity contribution is -0.142. The maximum Gasteiger partial charge on any atom is 0.329 e. The Bertz CT molecular complexity index is 421. The summed E-state index contributed by atoms with van der Waals surface area (Å²) in [5.41, 5.74) is 15.7. The van der Waals surface area contributed by atoms with Gasteiger partial charge in [0.15, 0.2) is 0 Å². The Morgan fingerprint density at radius 2 is 1.24 bits per heavy atom. The summed E-state index contributed by atoms with van der Waals surface area (Å²) in [5, 5.41) is 31.0. The fourth-order valence-corrected chi connectivity index (χ4v) is 1.16. The molecule has 0 spiro atoms. The van der Waals surface area contributed by atoms with Crippen LogP contribution in [-0.4, -0.2) is 100 Å². The van der Waals surface area contributed by atoms with E-state index in [1.807, 2.05) is 6.92 Å². The molecule has 0 heterocycles. The Morgan fingerprint density at radius 3 is 1.66 bits per heavy atom. The molecular weight excluding hydrogens is 392 g/mol. The van der Waals surface area contributed by atoms with Crippen molar-refractivity contribution in [1.82, 2.24) is 0 Å². The average molecular weight is 424 g/mol. The number of aliphatic hydroxyl groups excluding tert-OH is 2. The van der Waals surface area contributed by atoms with Gasteiger partial charge in [-0.1, -0.05) is 17.2 Å². The molecular formula is C15H32N6O8. The molecule has 0 saturated heterocycles. The maximum absolute atomic E-state index is 9.95. The van der Waals surface area contributed by atoms with Crippen LogP contribution in [0.25, 0.3) is 20.9 Å². The van der Waals surface area contributed by atoms with Gasteiger partial charge in [0, 0.05) is 29.5 Å². The van der Waals surface area contributed by atoms with Gasteiger partial charge in [-0.2, -0.15) is 0 Å². The summed E-state index contributed by atoms with van der Waals surface area (Å²) in [5.74, 6) is -1.01. The first-order valence-electron chi connectivity index (χ1n) is 8.86. The summed E-state index contributed by atoms with van der Waals surface area (Å²) in [6, 6.07) is 0. The third-order valence-electron chi connectivity index (χ3n) is 2.21. The summed E-state index contributed by atoms with van der Waals surface area (Å²) in [4.78, 5) is 15.0. The van der Waals surface area contributed by atoms with Gasteiger partial charge in [-0.15, -0.1) is 0 Å². The van der Waals surface area contributed by atoms with Gasteiger partial charge in [-0.05, 0) is 17.5 Å². The van der Waals surface area contributed by atoms with Crippen LogP contribution in [0.3, 0.4) is 0 Å². The molecule has 0 aliphatic carbocycles. The Balaban J connectivity index is -0.000000370. The van der Waals surface area contributed by atoms with E-state index in [-0.39, 0.29) is 33.0 Å². The molecule has 0 bridgehead atoms. The van der Waals surface area contributed by atoms with E-state index in [1.54, 1.807) is 0 Å². The topological polar surface area (TPSA) is 212 Å². The molecule has 0 radical (unpaired) electrons. The Labute approximate surface area is 169 Å². The Kier molecular flexibility index (Phi) is 36.4. The van der Waals surface area contributed by atoms with E-state index in [2.05, 4.69) is 24.8 Å². The number of aliphatic hydroxyl groups is 2.